The maximum atomic E-state index is 12.2. The van der Waals surface area contributed by atoms with Crippen molar-refractivity contribution in [3.63, 3.8) is 0 Å². The quantitative estimate of drug-likeness (QED) is 0.640. The molecule has 3 rings (SSSR count). The van der Waals surface area contributed by atoms with Gasteiger partial charge < -0.3 is 10.1 Å². The van der Waals surface area contributed by atoms with E-state index in [1.165, 1.54) is 19.3 Å². The van der Waals surface area contributed by atoms with Crippen LogP contribution in [0.5, 0.6) is 0 Å². The van der Waals surface area contributed by atoms with Gasteiger partial charge in [-0.05, 0) is 25.7 Å². The first-order valence-corrected chi connectivity index (χ1v) is 8.18. The first-order valence-electron chi connectivity index (χ1n) is 7.65. The Morgan fingerprint density at radius 2 is 2.00 bits per heavy atom. The van der Waals surface area contributed by atoms with E-state index in [9.17, 15) is 9.59 Å². The summed E-state index contributed by atoms with van der Waals surface area (Å²) in [7, 11) is 0. The summed E-state index contributed by atoms with van der Waals surface area (Å²) in [5, 5.41) is 2.97. The normalized spacial score (nSPS) is 40.8. The smallest absolute Gasteiger partial charge is 0.336 e. The number of ether oxygens (including phenoxy) is 1. The summed E-state index contributed by atoms with van der Waals surface area (Å²) in [6.07, 6.45) is 7.34. The van der Waals surface area contributed by atoms with Crippen LogP contribution in [0.4, 0.5) is 0 Å². The average Bonchev–Trinajstić information content (AvgIpc) is 2.59. The zero-order valence-electron chi connectivity index (χ0n) is 11.9. The van der Waals surface area contributed by atoms with Crippen LogP contribution in [0.2, 0.25) is 0 Å². The largest absolute Gasteiger partial charge is 0.453 e. The van der Waals surface area contributed by atoms with Gasteiger partial charge in [0.05, 0.1) is 5.92 Å². The molecule has 112 valence electrons. The molecule has 1 amide bonds. The second-order valence-electron chi connectivity index (χ2n) is 6.63. The van der Waals surface area contributed by atoms with Crippen LogP contribution in [-0.4, -0.2) is 28.9 Å². The fourth-order valence-corrected chi connectivity index (χ4v) is 4.51. The number of fused-ring (bicyclic) bond motifs is 1. The highest BCUT2D eigenvalue weighted by molar-refractivity contribution is 6.18. The van der Waals surface area contributed by atoms with E-state index in [0.717, 1.165) is 19.3 Å². The Hall–Kier alpha value is -0.770. The molecule has 2 heterocycles. The number of nitrogens with one attached hydrogen (secondary N) is 1. The van der Waals surface area contributed by atoms with Gasteiger partial charge in [0.15, 0.2) is 11.1 Å². The Kier molecular flexibility index (Phi) is 3.47. The zero-order chi connectivity index (χ0) is 14.4. The van der Waals surface area contributed by atoms with E-state index >= 15 is 0 Å². The molecular weight excluding hydrogens is 278 g/mol. The first-order chi connectivity index (χ1) is 9.53. The van der Waals surface area contributed by atoms with Gasteiger partial charge in [-0.2, -0.15) is 0 Å². The Labute approximate surface area is 124 Å². The predicted octanol–water partition coefficient (Wildman–Crippen LogP) is 2.39. The lowest BCUT2D eigenvalue weighted by Crippen LogP contribution is -2.74. The Balaban J connectivity index is 1.82. The molecule has 0 radical (unpaired) electrons. The topological polar surface area (TPSA) is 55.4 Å². The fraction of sp³-hybridized carbons (Fsp3) is 0.867. The minimum Gasteiger partial charge on any atom is -0.453 e. The summed E-state index contributed by atoms with van der Waals surface area (Å²) in [5.41, 5.74) is -1.49. The third-order valence-corrected chi connectivity index (χ3v) is 5.75. The van der Waals surface area contributed by atoms with Crippen LogP contribution in [-0.2, 0) is 14.3 Å². The van der Waals surface area contributed by atoms with Gasteiger partial charge in [0, 0.05) is 5.88 Å². The molecule has 0 aromatic rings. The molecule has 0 aromatic carbocycles. The molecule has 3 unspecified atom stereocenters. The summed E-state index contributed by atoms with van der Waals surface area (Å²) >= 11 is 5.80. The number of carbonyl (C=O) groups is 2. The molecule has 1 saturated carbocycles. The van der Waals surface area contributed by atoms with Gasteiger partial charge in [0.1, 0.15) is 0 Å². The number of hydrogen-bond acceptors (Lipinski definition) is 3. The SMILES string of the molecule is CC12OC(=O)C1(CC1CCCCC1)NC(=O)C2CCCl. The molecule has 0 spiro atoms. The van der Waals surface area contributed by atoms with Gasteiger partial charge in [-0.25, -0.2) is 4.79 Å². The van der Waals surface area contributed by atoms with E-state index in [1.54, 1.807) is 0 Å². The maximum absolute atomic E-state index is 12.2. The van der Waals surface area contributed by atoms with Crippen molar-refractivity contribution in [2.24, 2.45) is 11.8 Å². The highest BCUT2D eigenvalue weighted by Crippen LogP contribution is 2.53. The summed E-state index contributed by atoms with van der Waals surface area (Å²) < 4.78 is 5.45. The van der Waals surface area contributed by atoms with Crippen LogP contribution in [0.15, 0.2) is 0 Å². The summed E-state index contributed by atoms with van der Waals surface area (Å²) in [4.78, 5) is 24.4. The summed E-state index contributed by atoms with van der Waals surface area (Å²) in [6, 6.07) is 0. The second kappa shape index (κ2) is 4.90. The molecule has 3 fully saturated rings. The van der Waals surface area contributed by atoms with Crippen LogP contribution in [0.1, 0.15) is 51.9 Å². The van der Waals surface area contributed by atoms with Crippen molar-refractivity contribution < 1.29 is 14.3 Å². The Bertz CT molecular complexity index is 435. The molecule has 2 saturated heterocycles. The standard InChI is InChI=1S/C15H22ClNO3/c1-14-11(7-8-16)12(18)17-15(14,13(19)20-14)9-10-5-3-2-4-6-10/h10-11H,2-9H2,1H3,(H,17,18). The highest BCUT2D eigenvalue weighted by Gasteiger charge is 2.75. The van der Waals surface area contributed by atoms with Crippen LogP contribution in [0, 0.1) is 11.8 Å². The number of esters is 1. The van der Waals surface area contributed by atoms with E-state index in [0.29, 0.717) is 18.2 Å². The minimum atomic E-state index is -0.789. The molecule has 3 atom stereocenters. The third-order valence-electron chi connectivity index (χ3n) is 5.54. The highest BCUT2D eigenvalue weighted by atomic mass is 35.5. The number of alkyl halides is 1. The van der Waals surface area contributed by atoms with Gasteiger partial charge in [0.25, 0.3) is 0 Å². The lowest BCUT2D eigenvalue weighted by atomic mass is 9.65. The van der Waals surface area contributed by atoms with Crippen LogP contribution in [0.3, 0.4) is 0 Å². The van der Waals surface area contributed by atoms with Gasteiger partial charge in [0.2, 0.25) is 5.91 Å². The molecule has 1 aliphatic carbocycles. The predicted molar refractivity (Wildman–Crippen MR) is 75.4 cm³/mol. The average molecular weight is 300 g/mol. The van der Waals surface area contributed by atoms with Crippen LogP contribution >= 0.6 is 11.6 Å². The van der Waals surface area contributed by atoms with Crippen LogP contribution < -0.4 is 5.32 Å². The number of hydrogen-bond donors (Lipinski definition) is 1. The lowest BCUT2D eigenvalue weighted by Gasteiger charge is -2.52. The molecular formula is C15H22ClNO3. The van der Waals surface area contributed by atoms with Gasteiger partial charge in [-0.3, -0.25) is 4.79 Å². The number of amides is 1. The van der Waals surface area contributed by atoms with Gasteiger partial charge in [-0.1, -0.05) is 32.1 Å². The minimum absolute atomic E-state index is 0.0743. The van der Waals surface area contributed by atoms with Crippen molar-refractivity contribution in [3.8, 4) is 0 Å². The Morgan fingerprint density at radius 1 is 1.30 bits per heavy atom. The van der Waals surface area contributed by atoms with Crippen molar-refractivity contribution in [3.05, 3.63) is 0 Å². The van der Waals surface area contributed by atoms with Gasteiger partial charge >= 0.3 is 5.97 Å². The van der Waals surface area contributed by atoms with Crippen molar-refractivity contribution in [1.29, 1.82) is 0 Å². The third kappa shape index (κ3) is 1.80. The van der Waals surface area contributed by atoms with E-state index in [4.69, 9.17) is 16.3 Å². The Morgan fingerprint density at radius 3 is 2.60 bits per heavy atom. The molecule has 0 aromatic heterocycles. The number of carbonyl (C=O) groups excluding carboxylic acids is 2. The number of rotatable bonds is 4. The summed E-state index contributed by atoms with van der Waals surface area (Å²) in [5.74, 6) is 0.295. The van der Waals surface area contributed by atoms with E-state index < -0.39 is 11.1 Å². The van der Waals surface area contributed by atoms with Crippen molar-refractivity contribution in [1.82, 2.24) is 5.32 Å². The molecule has 20 heavy (non-hydrogen) atoms. The van der Waals surface area contributed by atoms with Gasteiger partial charge in [-0.15, -0.1) is 11.6 Å². The van der Waals surface area contributed by atoms with Crippen molar-refractivity contribution in [2.75, 3.05) is 5.88 Å². The zero-order valence-corrected chi connectivity index (χ0v) is 12.7. The van der Waals surface area contributed by atoms with Crippen molar-refractivity contribution in [2.45, 2.75) is 63.0 Å². The lowest BCUT2D eigenvalue weighted by molar-refractivity contribution is -0.222. The second-order valence-corrected chi connectivity index (χ2v) is 7.01. The van der Waals surface area contributed by atoms with E-state index in [2.05, 4.69) is 5.32 Å². The monoisotopic (exact) mass is 299 g/mol. The molecule has 1 N–H and O–H groups in total. The molecule has 0 bridgehead atoms. The summed E-state index contributed by atoms with van der Waals surface area (Å²) in [6.45, 7) is 1.90. The van der Waals surface area contributed by atoms with E-state index in [1.807, 2.05) is 6.92 Å². The molecule has 5 heteroatoms. The van der Waals surface area contributed by atoms with E-state index in [-0.39, 0.29) is 17.8 Å². The van der Waals surface area contributed by atoms with Crippen LogP contribution in [0.25, 0.3) is 0 Å². The number of halogens is 1. The molecule has 3 aliphatic rings. The maximum Gasteiger partial charge on any atom is 0.336 e. The fourth-order valence-electron chi connectivity index (χ4n) is 4.29. The first kappa shape index (κ1) is 14.2. The van der Waals surface area contributed by atoms with Crippen molar-refractivity contribution >= 4 is 23.5 Å². The molecule has 4 nitrogen and oxygen atoms in total. The molecule has 2 aliphatic heterocycles.